The van der Waals surface area contributed by atoms with Crippen LogP contribution in [0.4, 0.5) is 0 Å². The van der Waals surface area contributed by atoms with E-state index in [1.807, 2.05) is 39.0 Å². The molecule has 0 aliphatic carbocycles. The third-order valence-corrected chi connectivity index (χ3v) is 4.79. The van der Waals surface area contributed by atoms with E-state index in [0.717, 1.165) is 12.8 Å². The summed E-state index contributed by atoms with van der Waals surface area (Å²) in [6.45, 7) is 5.38. The molecule has 0 spiro atoms. The molecule has 0 saturated carbocycles. The molecule has 154 valence electrons. The Hall–Kier alpha value is -3.02. The minimum atomic E-state index is -0.652. The number of rotatable bonds is 7. The van der Waals surface area contributed by atoms with Crippen molar-refractivity contribution in [2.75, 3.05) is 6.61 Å². The average molecular weight is 397 g/mol. The summed E-state index contributed by atoms with van der Waals surface area (Å²) in [5.41, 5.74) is 0.739. The van der Waals surface area contributed by atoms with Crippen LogP contribution in [0.25, 0.3) is 0 Å². The maximum Gasteiger partial charge on any atom is 0.258 e. The van der Waals surface area contributed by atoms with E-state index >= 15 is 0 Å². The second-order valence-electron chi connectivity index (χ2n) is 8.06. The number of hydrogen-bond donors (Lipinski definition) is 2. The number of ketones is 1. The van der Waals surface area contributed by atoms with Gasteiger partial charge in [0.25, 0.3) is 5.91 Å². The van der Waals surface area contributed by atoms with Crippen molar-refractivity contribution in [1.29, 1.82) is 0 Å². The molecule has 6 heteroatoms. The van der Waals surface area contributed by atoms with Crippen molar-refractivity contribution in [1.82, 2.24) is 5.32 Å². The van der Waals surface area contributed by atoms with Crippen molar-refractivity contribution in [2.24, 2.45) is 0 Å². The molecule has 1 atom stereocenters. The van der Waals surface area contributed by atoms with Gasteiger partial charge in [0, 0.05) is 18.2 Å². The highest BCUT2D eigenvalue weighted by atomic mass is 16.5. The van der Waals surface area contributed by atoms with Crippen LogP contribution in [0.1, 0.15) is 49.5 Å². The molecule has 6 nitrogen and oxygen atoms in total. The topological polar surface area (TPSA) is 84.9 Å². The fourth-order valence-electron chi connectivity index (χ4n) is 3.39. The van der Waals surface area contributed by atoms with Crippen molar-refractivity contribution >= 4 is 11.7 Å². The largest absolute Gasteiger partial charge is 0.507 e. The molecule has 1 aliphatic heterocycles. The smallest absolute Gasteiger partial charge is 0.258 e. The minimum absolute atomic E-state index is 0.00463. The lowest BCUT2D eigenvalue weighted by molar-refractivity contribution is -0.123. The molecule has 0 fully saturated rings. The van der Waals surface area contributed by atoms with Crippen molar-refractivity contribution in [3.63, 3.8) is 0 Å². The number of ether oxygens (including phenoxy) is 2. The Balaban J connectivity index is 1.54. The van der Waals surface area contributed by atoms with E-state index in [4.69, 9.17) is 9.47 Å². The van der Waals surface area contributed by atoms with Gasteiger partial charge in [-0.1, -0.05) is 30.3 Å². The van der Waals surface area contributed by atoms with E-state index in [-0.39, 0.29) is 53.6 Å². The molecule has 0 saturated heterocycles. The fraction of sp³-hybridized carbons (Fsp3) is 0.391. The summed E-state index contributed by atoms with van der Waals surface area (Å²) < 4.78 is 11.3. The Kier molecular flexibility index (Phi) is 6.11. The van der Waals surface area contributed by atoms with Crippen LogP contribution in [0.15, 0.2) is 42.5 Å². The van der Waals surface area contributed by atoms with Gasteiger partial charge in [-0.25, -0.2) is 0 Å². The standard InChI is InChI=1S/C23H27NO5/c1-15(9-10-16-7-5-4-6-8-16)24-21(27)14-28-17-11-18(25)22-19(26)13-23(2,3)29-20(22)12-17/h4-8,11-12,15,25H,9-10,13-14H2,1-3H3,(H,24,27)/t15-/m1/s1. The molecule has 2 aromatic rings. The molecule has 0 bridgehead atoms. The lowest BCUT2D eigenvalue weighted by atomic mass is 9.92. The molecule has 1 aliphatic rings. The number of Topliss-reactive ketones (excluding diaryl/α,β-unsaturated/α-hetero) is 1. The Morgan fingerprint density at radius 2 is 2.00 bits per heavy atom. The summed E-state index contributed by atoms with van der Waals surface area (Å²) in [7, 11) is 0. The molecule has 0 radical (unpaired) electrons. The molecular weight excluding hydrogens is 370 g/mol. The van der Waals surface area contributed by atoms with Gasteiger partial charge >= 0.3 is 0 Å². The number of aryl methyl sites for hydroxylation is 1. The summed E-state index contributed by atoms with van der Waals surface area (Å²) in [6, 6.07) is 13.0. The fourth-order valence-corrected chi connectivity index (χ4v) is 3.39. The van der Waals surface area contributed by atoms with Crippen LogP contribution in [0, 0.1) is 0 Å². The predicted octanol–water partition coefficient (Wildman–Crippen LogP) is 3.65. The maximum absolute atomic E-state index is 12.2. The molecule has 0 aromatic heterocycles. The molecule has 2 N–H and O–H groups in total. The third kappa shape index (κ3) is 5.50. The number of fused-ring (bicyclic) bond motifs is 1. The number of phenolic OH excluding ortho intramolecular Hbond substituents is 1. The number of aromatic hydroxyl groups is 1. The molecular formula is C23H27NO5. The second-order valence-corrected chi connectivity index (χ2v) is 8.06. The second kappa shape index (κ2) is 8.55. The number of amides is 1. The third-order valence-electron chi connectivity index (χ3n) is 4.79. The highest BCUT2D eigenvalue weighted by Crippen LogP contribution is 2.40. The highest BCUT2D eigenvalue weighted by molar-refractivity contribution is 6.03. The van der Waals surface area contributed by atoms with Crippen LogP contribution in [0.3, 0.4) is 0 Å². The maximum atomic E-state index is 12.2. The van der Waals surface area contributed by atoms with E-state index in [1.165, 1.54) is 11.6 Å². The van der Waals surface area contributed by atoms with Crippen LogP contribution in [0.2, 0.25) is 0 Å². The monoisotopic (exact) mass is 397 g/mol. The highest BCUT2D eigenvalue weighted by Gasteiger charge is 2.35. The Morgan fingerprint density at radius 1 is 1.28 bits per heavy atom. The van der Waals surface area contributed by atoms with E-state index in [9.17, 15) is 14.7 Å². The zero-order chi connectivity index (χ0) is 21.0. The number of nitrogens with one attached hydrogen (secondary N) is 1. The zero-order valence-electron chi connectivity index (χ0n) is 17.0. The van der Waals surface area contributed by atoms with Crippen molar-refractivity contribution in [2.45, 2.75) is 51.7 Å². The number of carbonyl (C=O) groups excluding carboxylic acids is 2. The summed E-state index contributed by atoms with van der Waals surface area (Å²) in [5.74, 6) is -0.0725. The predicted molar refractivity (Wildman–Crippen MR) is 110 cm³/mol. The number of benzene rings is 2. The molecule has 29 heavy (non-hydrogen) atoms. The van der Waals surface area contributed by atoms with Gasteiger partial charge in [-0.15, -0.1) is 0 Å². The van der Waals surface area contributed by atoms with Gasteiger partial charge in [0.1, 0.15) is 28.4 Å². The molecule has 2 aromatic carbocycles. The van der Waals surface area contributed by atoms with Crippen LogP contribution >= 0.6 is 0 Å². The van der Waals surface area contributed by atoms with Gasteiger partial charge in [0.15, 0.2) is 12.4 Å². The van der Waals surface area contributed by atoms with E-state index < -0.39 is 5.60 Å². The SMILES string of the molecule is C[C@H](CCc1ccccc1)NC(=O)COc1cc(O)c2c(c1)OC(C)(C)CC2=O. The van der Waals surface area contributed by atoms with E-state index in [1.54, 1.807) is 6.07 Å². The summed E-state index contributed by atoms with van der Waals surface area (Å²) >= 11 is 0. The Labute approximate surface area is 170 Å². The first-order valence-corrected chi connectivity index (χ1v) is 9.79. The van der Waals surface area contributed by atoms with Crippen LogP contribution < -0.4 is 14.8 Å². The lowest BCUT2D eigenvalue weighted by Gasteiger charge is -2.32. The minimum Gasteiger partial charge on any atom is -0.507 e. The summed E-state index contributed by atoms with van der Waals surface area (Å²) in [6.07, 6.45) is 1.89. The van der Waals surface area contributed by atoms with Crippen LogP contribution in [-0.2, 0) is 11.2 Å². The van der Waals surface area contributed by atoms with Crippen molar-refractivity contribution in [3.05, 3.63) is 53.6 Å². The summed E-state index contributed by atoms with van der Waals surface area (Å²) in [5, 5.41) is 13.1. The van der Waals surface area contributed by atoms with Crippen molar-refractivity contribution < 1.29 is 24.2 Å². The lowest BCUT2D eigenvalue weighted by Crippen LogP contribution is -2.36. The first-order valence-electron chi connectivity index (χ1n) is 9.79. The normalized spacial score (nSPS) is 15.8. The number of carbonyl (C=O) groups is 2. The van der Waals surface area contributed by atoms with Crippen LogP contribution in [0.5, 0.6) is 17.2 Å². The molecule has 3 rings (SSSR count). The van der Waals surface area contributed by atoms with E-state index in [2.05, 4.69) is 17.4 Å². The van der Waals surface area contributed by atoms with Gasteiger partial charge in [0.2, 0.25) is 0 Å². The Bertz CT molecular complexity index is 892. The number of hydrogen-bond acceptors (Lipinski definition) is 5. The zero-order valence-corrected chi connectivity index (χ0v) is 17.0. The Morgan fingerprint density at radius 3 is 2.72 bits per heavy atom. The molecule has 0 unspecified atom stereocenters. The molecule has 1 amide bonds. The van der Waals surface area contributed by atoms with E-state index in [0.29, 0.717) is 0 Å². The first-order chi connectivity index (χ1) is 13.7. The molecule has 1 heterocycles. The van der Waals surface area contributed by atoms with Gasteiger partial charge in [-0.05, 0) is 39.2 Å². The number of phenols is 1. The quantitative estimate of drug-likeness (QED) is 0.745. The average Bonchev–Trinajstić information content (AvgIpc) is 2.64. The van der Waals surface area contributed by atoms with Crippen molar-refractivity contribution in [3.8, 4) is 17.2 Å². The van der Waals surface area contributed by atoms with Gasteiger partial charge in [-0.3, -0.25) is 9.59 Å². The van der Waals surface area contributed by atoms with Crippen LogP contribution in [-0.4, -0.2) is 35.0 Å². The first kappa shape index (κ1) is 20.7. The van der Waals surface area contributed by atoms with Gasteiger partial charge in [-0.2, -0.15) is 0 Å². The van der Waals surface area contributed by atoms with Gasteiger partial charge < -0.3 is 19.9 Å². The van der Waals surface area contributed by atoms with Gasteiger partial charge in [0.05, 0.1) is 6.42 Å². The summed E-state index contributed by atoms with van der Waals surface area (Å²) in [4.78, 5) is 24.4.